The number of benzene rings is 1. The molecule has 1 aromatic rings. The third-order valence-electron chi connectivity index (χ3n) is 2.59. The minimum Gasteiger partial charge on any atom is -0.480 e. The fraction of sp³-hybridized carbons (Fsp3) is 0.333. The Labute approximate surface area is 113 Å². The molecule has 0 aliphatic rings. The van der Waals surface area contributed by atoms with Gasteiger partial charge in [0.1, 0.15) is 17.7 Å². The molecule has 0 saturated carbocycles. The predicted molar refractivity (Wildman–Crippen MR) is 64.8 cm³/mol. The minimum atomic E-state index is -1.36. The van der Waals surface area contributed by atoms with Crippen molar-refractivity contribution in [2.75, 3.05) is 14.2 Å². The molecule has 1 rings (SSSR count). The highest BCUT2D eigenvalue weighted by atomic mass is 19.1. The number of hydroxylamine groups is 2. The standard InChI is InChI=1S/C12H14F2N2O4/c1-16(20-2)12(19)15-10(11(17)18)5-7-3-4-8(13)6-9(7)14/h3-4,6,10H,5H2,1-2H3,(H,15,19)(H,17,18)/t10-/m1/s1. The van der Waals surface area contributed by atoms with Crippen LogP contribution < -0.4 is 5.32 Å². The van der Waals surface area contributed by atoms with Crippen molar-refractivity contribution in [3.8, 4) is 0 Å². The van der Waals surface area contributed by atoms with Crippen LogP contribution >= 0.6 is 0 Å². The van der Waals surface area contributed by atoms with Gasteiger partial charge in [-0.3, -0.25) is 4.84 Å². The van der Waals surface area contributed by atoms with Crippen LogP contribution in [0.25, 0.3) is 0 Å². The molecule has 110 valence electrons. The van der Waals surface area contributed by atoms with Crippen molar-refractivity contribution in [3.63, 3.8) is 0 Å². The van der Waals surface area contributed by atoms with Crippen LogP contribution in [0.1, 0.15) is 5.56 Å². The van der Waals surface area contributed by atoms with Crippen LogP contribution in [0, 0.1) is 11.6 Å². The largest absolute Gasteiger partial charge is 0.480 e. The van der Waals surface area contributed by atoms with Crippen LogP contribution in [0.4, 0.5) is 13.6 Å². The molecule has 8 heteroatoms. The molecular formula is C12H14F2N2O4. The molecule has 0 aliphatic heterocycles. The smallest absolute Gasteiger partial charge is 0.341 e. The lowest BCUT2D eigenvalue weighted by Crippen LogP contribution is -2.47. The molecule has 0 saturated heterocycles. The average molecular weight is 288 g/mol. The lowest BCUT2D eigenvalue weighted by Gasteiger charge is -2.19. The predicted octanol–water partition coefficient (Wildman–Crippen LogP) is 1.16. The summed E-state index contributed by atoms with van der Waals surface area (Å²) >= 11 is 0. The average Bonchev–Trinajstić information content (AvgIpc) is 2.39. The monoisotopic (exact) mass is 288 g/mol. The molecule has 2 N–H and O–H groups in total. The number of nitrogens with zero attached hydrogens (tertiary/aromatic N) is 1. The summed E-state index contributed by atoms with van der Waals surface area (Å²) in [6, 6.07) is 0.646. The third-order valence-corrected chi connectivity index (χ3v) is 2.59. The highest BCUT2D eigenvalue weighted by Gasteiger charge is 2.23. The maximum atomic E-state index is 13.5. The van der Waals surface area contributed by atoms with Gasteiger partial charge in [-0.05, 0) is 11.6 Å². The Bertz CT molecular complexity index is 510. The van der Waals surface area contributed by atoms with Crippen LogP contribution in [0.5, 0.6) is 0 Å². The summed E-state index contributed by atoms with van der Waals surface area (Å²) in [7, 11) is 2.52. The molecule has 2 amide bonds. The first-order valence-electron chi connectivity index (χ1n) is 5.60. The van der Waals surface area contributed by atoms with E-state index in [9.17, 15) is 18.4 Å². The summed E-state index contributed by atoms with van der Waals surface area (Å²) in [6.45, 7) is 0. The number of hydrogen-bond acceptors (Lipinski definition) is 3. The van der Waals surface area contributed by atoms with Gasteiger partial charge in [0.25, 0.3) is 0 Å². The van der Waals surface area contributed by atoms with E-state index in [4.69, 9.17) is 5.11 Å². The molecule has 20 heavy (non-hydrogen) atoms. The van der Waals surface area contributed by atoms with Crippen molar-refractivity contribution < 1.29 is 28.3 Å². The van der Waals surface area contributed by atoms with Crippen molar-refractivity contribution in [1.29, 1.82) is 0 Å². The Morgan fingerprint density at radius 1 is 1.45 bits per heavy atom. The van der Waals surface area contributed by atoms with Crippen molar-refractivity contribution in [1.82, 2.24) is 10.4 Å². The van der Waals surface area contributed by atoms with Crippen molar-refractivity contribution in [2.45, 2.75) is 12.5 Å². The van der Waals surface area contributed by atoms with Gasteiger partial charge < -0.3 is 10.4 Å². The Morgan fingerprint density at radius 2 is 2.10 bits per heavy atom. The summed E-state index contributed by atoms with van der Waals surface area (Å²) in [5, 5.41) is 12.0. The summed E-state index contributed by atoms with van der Waals surface area (Å²) in [5.74, 6) is -2.97. The molecule has 6 nitrogen and oxygen atoms in total. The number of carbonyl (C=O) groups is 2. The van der Waals surface area contributed by atoms with Gasteiger partial charge in [0, 0.05) is 19.5 Å². The van der Waals surface area contributed by atoms with E-state index in [1.54, 1.807) is 0 Å². The highest BCUT2D eigenvalue weighted by molar-refractivity contribution is 5.82. The lowest BCUT2D eigenvalue weighted by molar-refractivity contribution is -0.139. The van der Waals surface area contributed by atoms with E-state index in [1.807, 2.05) is 0 Å². The molecule has 0 unspecified atom stereocenters. The normalized spacial score (nSPS) is 11.8. The van der Waals surface area contributed by atoms with Crippen molar-refractivity contribution in [3.05, 3.63) is 35.4 Å². The zero-order valence-corrected chi connectivity index (χ0v) is 10.9. The van der Waals surface area contributed by atoms with Gasteiger partial charge in [-0.25, -0.2) is 23.4 Å². The summed E-state index contributed by atoms with van der Waals surface area (Å²) in [5.41, 5.74) is -0.0147. The molecule has 0 heterocycles. The number of rotatable bonds is 5. The van der Waals surface area contributed by atoms with Gasteiger partial charge in [0.05, 0.1) is 7.11 Å². The van der Waals surface area contributed by atoms with Crippen LogP contribution in [0.3, 0.4) is 0 Å². The molecule has 0 radical (unpaired) electrons. The van der Waals surface area contributed by atoms with E-state index in [0.717, 1.165) is 17.2 Å². The fourth-order valence-corrected chi connectivity index (χ4v) is 1.43. The topological polar surface area (TPSA) is 78.9 Å². The van der Waals surface area contributed by atoms with Gasteiger partial charge >= 0.3 is 12.0 Å². The SMILES string of the molecule is CON(C)C(=O)N[C@H](Cc1ccc(F)cc1F)C(=O)O. The maximum Gasteiger partial charge on any atom is 0.341 e. The molecule has 0 fully saturated rings. The first-order valence-corrected chi connectivity index (χ1v) is 5.60. The highest BCUT2D eigenvalue weighted by Crippen LogP contribution is 2.12. The van der Waals surface area contributed by atoms with Crippen molar-refractivity contribution >= 4 is 12.0 Å². The molecule has 0 aromatic heterocycles. The number of halogens is 2. The van der Waals surface area contributed by atoms with E-state index in [0.29, 0.717) is 6.07 Å². The van der Waals surface area contributed by atoms with Gasteiger partial charge in [0.15, 0.2) is 0 Å². The zero-order valence-electron chi connectivity index (χ0n) is 10.9. The first kappa shape index (κ1) is 15.8. The van der Waals surface area contributed by atoms with E-state index in [1.165, 1.54) is 14.2 Å². The molecule has 0 spiro atoms. The number of carboxylic acids is 1. The Kier molecular flexibility index (Phi) is 5.39. The number of nitrogens with one attached hydrogen (secondary N) is 1. The van der Waals surface area contributed by atoms with Crippen LogP contribution in [0.15, 0.2) is 18.2 Å². The van der Waals surface area contributed by atoms with E-state index in [-0.39, 0.29) is 12.0 Å². The van der Waals surface area contributed by atoms with Crippen LogP contribution in [0.2, 0.25) is 0 Å². The fourth-order valence-electron chi connectivity index (χ4n) is 1.43. The second-order valence-electron chi connectivity index (χ2n) is 3.96. The summed E-state index contributed by atoms with van der Waals surface area (Å²) < 4.78 is 26.2. The van der Waals surface area contributed by atoms with E-state index < -0.39 is 29.7 Å². The quantitative estimate of drug-likeness (QED) is 0.797. The molecular weight excluding hydrogens is 274 g/mol. The Hall–Kier alpha value is -2.22. The second-order valence-corrected chi connectivity index (χ2v) is 3.96. The van der Waals surface area contributed by atoms with Crippen molar-refractivity contribution in [2.24, 2.45) is 0 Å². The number of aliphatic carboxylic acids is 1. The Balaban J connectivity index is 2.82. The second kappa shape index (κ2) is 6.80. The minimum absolute atomic E-state index is 0.0147. The van der Waals surface area contributed by atoms with Gasteiger partial charge in [-0.1, -0.05) is 6.07 Å². The molecule has 1 aromatic carbocycles. The maximum absolute atomic E-state index is 13.5. The van der Waals surface area contributed by atoms with Gasteiger partial charge in [-0.15, -0.1) is 0 Å². The van der Waals surface area contributed by atoms with E-state index >= 15 is 0 Å². The Morgan fingerprint density at radius 3 is 2.60 bits per heavy atom. The summed E-state index contributed by atoms with van der Waals surface area (Å²) in [6.07, 6.45) is -0.315. The van der Waals surface area contributed by atoms with Crippen LogP contribution in [-0.4, -0.2) is 42.4 Å². The number of amides is 2. The molecule has 1 atom stereocenters. The number of carboxylic acid groups (broad SMARTS) is 1. The zero-order chi connectivity index (χ0) is 15.3. The van der Waals surface area contributed by atoms with Gasteiger partial charge in [-0.2, -0.15) is 0 Å². The molecule has 0 bridgehead atoms. The number of urea groups is 1. The third kappa shape index (κ3) is 4.16. The first-order chi connectivity index (χ1) is 9.35. The lowest BCUT2D eigenvalue weighted by atomic mass is 10.1. The number of hydrogen-bond donors (Lipinski definition) is 2. The molecule has 0 aliphatic carbocycles. The van der Waals surface area contributed by atoms with Crippen LogP contribution in [-0.2, 0) is 16.1 Å². The number of carbonyl (C=O) groups excluding carboxylic acids is 1. The van der Waals surface area contributed by atoms with E-state index in [2.05, 4.69) is 10.2 Å². The van der Waals surface area contributed by atoms with Gasteiger partial charge in [0.2, 0.25) is 0 Å². The summed E-state index contributed by atoms with van der Waals surface area (Å²) in [4.78, 5) is 27.1.